The summed E-state index contributed by atoms with van der Waals surface area (Å²) in [5, 5.41) is 2.83. The van der Waals surface area contributed by atoms with E-state index >= 15 is 0 Å². The highest BCUT2D eigenvalue weighted by atomic mass is 32.2. The van der Waals surface area contributed by atoms with Crippen LogP contribution in [0.1, 0.15) is 35.7 Å². The van der Waals surface area contributed by atoms with Crippen molar-refractivity contribution in [2.45, 2.75) is 31.2 Å². The van der Waals surface area contributed by atoms with E-state index in [9.17, 15) is 13.2 Å². The fourth-order valence-corrected chi connectivity index (χ4v) is 3.91. The number of benzene rings is 2. The molecule has 5 nitrogen and oxygen atoms in total. The molecule has 2 aromatic rings. The molecular formula is C21H26N2O3S. The van der Waals surface area contributed by atoms with Gasteiger partial charge in [0.25, 0.3) is 5.91 Å². The largest absolute Gasteiger partial charge is 0.322 e. The Morgan fingerprint density at radius 2 is 1.78 bits per heavy atom. The number of anilines is 1. The number of sulfone groups is 1. The molecule has 2 aromatic carbocycles. The van der Waals surface area contributed by atoms with E-state index < -0.39 is 9.84 Å². The second kappa shape index (κ2) is 8.23. The molecule has 1 amide bonds. The van der Waals surface area contributed by atoms with E-state index in [2.05, 4.69) is 17.1 Å². The van der Waals surface area contributed by atoms with E-state index in [-0.39, 0.29) is 10.8 Å². The van der Waals surface area contributed by atoms with Crippen LogP contribution in [0.2, 0.25) is 0 Å². The second-order valence-electron chi connectivity index (χ2n) is 7.41. The third-order valence-electron chi connectivity index (χ3n) is 5.02. The highest BCUT2D eigenvalue weighted by Gasteiger charge is 2.16. The molecule has 1 saturated heterocycles. The van der Waals surface area contributed by atoms with Crippen molar-refractivity contribution in [2.75, 3.05) is 24.7 Å². The van der Waals surface area contributed by atoms with Crippen LogP contribution in [-0.2, 0) is 16.4 Å². The smallest absolute Gasteiger partial charge is 0.255 e. The van der Waals surface area contributed by atoms with Crippen LogP contribution in [0.4, 0.5) is 5.69 Å². The van der Waals surface area contributed by atoms with Crippen LogP contribution in [-0.4, -0.2) is 38.6 Å². The number of rotatable bonds is 5. The summed E-state index contributed by atoms with van der Waals surface area (Å²) in [6.45, 7) is 5.50. The van der Waals surface area contributed by atoms with Crippen molar-refractivity contribution in [3.05, 3.63) is 59.7 Å². The van der Waals surface area contributed by atoms with E-state index in [0.29, 0.717) is 11.3 Å². The van der Waals surface area contributed by atoms with Crippen LogP contribution in [0.3, 0.4) is 0 Å². The first-order valence-electron chi connectivity index (χ1n) is 9.24. The molecule has 0 saturated carbocycles. The van der Waals surface area contributed by atoms with Crippen LogP contribution in [0, 0.1) is 5.92 Å². The van der Waals surface area contributed by atoms with Gasteiger partial charge in [-0.15, -0.1) is 0 Å². The molecule has 1 fully saturated rings. The van der Waals surface area contributed by atoms with Crippen LogP contribution in [0.5, 0.6) is 0 Å². The lowest BCUT2D eigenvalue weighted by Gasteiger charge is -2.30. The molecule has 0 aliphatic carbocycles. The second-order valence-corrected chi connectivity index (χ2v) is 9.43. The molecule has 1 N–H and O–H groups in total. The van der Waals surface area contributed by atoms with Crippen LogP contribution < -0.4 is 5.32 Å². The molecule has 3 rings (SSSR count). The summed E-state index contributed by atoms with van der Waals surface area (Å²) in [6.07, 6.45) is 3.63. The summed E-state index contributed by atoms with van der Waals surface area (Å²) < 4.78 is 23.3. The summed E-state index contributed by atoms with van der Waals surface area (Å²) in [4.78, 5) is 15.0. The number of nitrogens with one attached hydrogen (secondary N) is 1. The summed E-state index contributed by atoms with van der Waals surface area (Å²) >= 11 is 0. The van der Waals surface area contributed by atoms with Gasteiger partial charge in [0.05, 0.1) is 4.90 Å². The molecule has 1 aliphatic rings. The van der Waals surface area contributed by atoms with Crippen molar-refractivity contribution >= 4 is 21.4 Å². The van der Waals surface area contributed by atoms with Crippen molar-refractivity contribution in [1.29, 1.82) is 0 Å². The van der Waals surface area contributed by atoms with Gasteiger partial charge in [-0.1, -0.05) is 25.1 Å². The van der Waals surface area contributed by atoms with E-state index in [1.54, 1.807) is 12.1 Å². The Hall–Kier alpha value is -2.18. The maximum atomic E-state index is 12.4. The predicted octanol–water partition coefficient (Wildman–Crippen LogP) is 3.57. The fourth-order valence-electron chi connectivity index (χ4n) is 3.24. The number of likely N-dealkylation sites (tertiary alicyclic amines) is 1. The summed E-state index contributed by atoms with van der Waals surface area (Å²) in [5.41, 5.74) is 2.24. The minimum atomic E-state index is -3.34. The Morgan fingerprint density at radius 3 is 2.41 bits per heavy atom. The zero-order chi connectivity index (χ0) is 19.4. The molecule has 144 valence electrons. The van der Waals surface area contributed by atoms with Crippen LogP contribution in [0.25, 0.3) is 0 Å². The van der Waals surface area contributed by atoms with Crippen molar-refractivity contribution in [1.82, 2.24) is 4.90 Å². The highest BCUT2D eigenvalue weighted by molar-refractivity contribution is 7.90. The Bertz CT molecular complexity index is 899. The lowest BCUT2D eigenvalue weighted by molar-refractivity contribution is 0.102. The Morgan fingerprint density at radius 1 is 1.11 bits per heavy atom. The van der Waals surface area contributed by atoms with Gasteiger partial charge >= 0.3 is 0 Å². The number of carbonyl (C=O) groups excluding carboxylic acids is 1. The van der Waals surface area contributed by atoms with Gasteiger partial charge in [-0.2, -0.15) is 0 Å². The lowest BCUT2D eigenvalue weighted by atomic mass is 9.99. The summed E-state index contributed by atoms with van der Waals surface area (Å²) in [7, 11) is -3.34. The average molecular weight is 387 g/mol. The molecule has 0 aromatic heterocycles. The lowest BCUT2D eigenvalue weighted by Crippen LogP contribution is -2.32. The molecule has 0 unspecified atom stereocenters. The minimum absolute atomic E-state index is 0.140. The topological polar surface area (TPSA) is 66.5 Å². The number of carbonyl (C=O) groups is 1. The molecular weight excluding hydrogens is 360 g/mol. The first-order chi connectivity index (χ1) is 12.8. The summed E-state index contributed by atoms with van der Waals surface area (Å²) in [6, 6.07) is 13.9. The van der Waals surface area contributed by atoms with E-state index in [1.807, 2.05) is 24.3 Å². The third kappa shape index (κ3) is 5.40. The summed E-state index contributed by atoms with van der Waals surface area (Å²) in [5.74, 6) is 0.498. The third-order valence-corrected chi connectivity index (χ3v) is 6.13. The van der Waals surface area contributed by atoms with Gasteiger partial charge in [0.1, 0.15) is 0 Å². The van der Waals surface area contributed by atoms with Crippen molar-refractivity contribution < 1.29 is 13.2 Å². The van der Waals surface area contributed by atoms with Crippen LogP contribution in [0.15, 0.2) is 53.4 Å². The molecule has 0 spiro atoms. The maximum absolute atomic E-state index is 12.4. The molecule has 0 atom stereocenters. The van der Waals surface area contributed by atoms with Crippen molar-refractivity contribution in [3.8, 4) is 0 Å². The zero-order valence-electron chi connectivity index (χ0n) is 15.8. The number of piperidine rings is 1. The van der Waals surface area contributed by atoms with E-state index in [1.165, 1.54) is 30.5 Å². The van der Waals surface area contributed by atoms with E-state index in [4.69, 9.17) is 0 Å². The van der Waals surface area contributed by atoms with Gasteiger partial charge in [0.15, 0.2) is 9.84 Å². The van der Waals surface area contributed by atoms with Crippen LogP contribution >= 0.6 is 0 Å². The molecule has 6 heteroatoms. The van der Waals surface area contributed by atoms with Gasteiger partial charge in [0, 0.05) is 24.1 Å². The van der Waals surface area contributed by atoms with Gasteiger partial charge in [-0.05, 0) is 67.7 Å². The highest BCUT2D eigenvalue weighted by Crippen LogP contribution is 2.19. The van der Waals surface area contributed by atoms with Gasteiger partial charge in [0.2, 0.25) is 0 Å². The first kappa shape index (κ1) is 19.6. The Kier molecular flexibility index (Phi) is 5.97. The normalized spacial score (nSPS) is 16.2. The fraction of sp³-hybridized carbons (Fsp3) is 0.381. The minimum Gasteiger partial charge on any atom is -0.322 e. The zero-order valence-corrected chi connectivity index (χ0v) is 16.6. The van der Waals surface area contributed by atoms with Crippen molar-refractivity contribution in [3.63, 3.8) is 0 Å². The molecule has 1 heterocycles. The molecule has 0 bridgehead atoms. The standard InChI is InChI=1S/C21H26N2O3S/c1-16-10-12-23(13-11-16)15-17-6-8-19(9-7-17)22-21(24)18-4-3-5-20(14-18)27(2,25)26/h3-9,14,16H,10-13,15H2,1-2H3,(H,22,24). The monoisotopic (exact) mass is 386 g/mol. The number of amides is 1. The number of nitrogens with zero attached hydrogens (tertiary/aromatic N) is 1. The van der Waals surface area contributed by atoms with Crippen molar-refractivity contribution in [2.24, 2.45) is 5.92 Å². The quantitative estimate of drug-likeness (QED) is 0.853. The molecule has 0 radical (unpaired) electrons. The SMILES string of the molecule is CC1CCN(Cc2ccc(NC(=O)c3cccc(S(C)(=O)=O)c3)cc2)CC1. The molecule has 27 heavy (non-hydrogen) atoms. The number of hydrogen-bond donors (Lipinski definition) is 1. The van der Waals surface area contributed by atoms with E-state index in [0.717, 1.165) is 31.8 Å². The number of hydrogen-bond acceptors (Lipinski definition) is 4. The predicted molar refractivity (Wildman–Crippen MR) is 108 cm³/mol. The molecule has 1 aliphatic heterocycles. The van der Waals surface area contributed by atoms with Gasteiger partial charge in [-0.25, -0.2) is 8.42 Å². The van der Waals surface area contributed by atoms with Gasteiger partial charge in [-0.3, -0.25) is 9.69 Å². The Balaban J connectivity index is 1.62. The Labute approximate surface area is 161 Å². The maximum Gasteiger partial charge on any atom is 0.255 e. The van der Waals surface area contributed by atoms with Gasteiger partial charge < -0.3 is 5.32 Å². The first-order valence-corrected chi connectivity index (χ1v) is 11.1. The average Bonchev–Trinajstić information content (AvgIpc) is 2.64.